The van der Waals surface area contributed by atoms with Crippen LogP contribution in [-0.4, -0.2) is 56.2 Å². The van der Waals surface area contributed by atoms with E-state index < -0.39 is 0 Å². The molecule has 1 saturated heterocycles. The third kappa shape index (κ3) is 3.79. The topological polar surface area (TPSA) is 58.8 Å². The molecular formula is C15H23N3O2. The summed E-state index contributed by atoms with van der Waals surface area (Å²) >= 11 is 0. The zero-order chi connectivity index (χ0) is 14.4. The molecule has 0 saturated carbocycles. The number of amides is 1. The van der Waals surface area contributed by atoms with E-state index in [1.807, 2.05) is 42.2 Å². The Kier molecular flexibility index (Phi) is 5.52. The van der Waals surface area contributed by atoms with Crippen LogP contribution in [0.25, 0.3) is 0 Å². The molecule has 110 valence electrons. The van der Waals surface area contributed by atoms with Gasteiger partial charge in [0.05, 0.1) is 19.3 Å². The number of nitrogens with zero attached hydrogens (tertiary/aromatic N) is 2. The Bertz CT molecular complexity index is 424. The van der Waals surface area contributed by atoms with Crippen LogP contribution in [0.15, 0.2) is 30.3 Å². The summed E-state index contributed by atoms with van der Waals surface area (Å²) in [6, 6.07) is 9.78. The first-order valence-corrected chi connectivity index (χ1v) is 7.14. The summed E-state index contributed by atoms with van der Waals surface area (Å²) in [7, 11) is 0. The van der Waals surface area contributed by atoms with Gasteiger partial charge < -0.3 is 15.4 Å². The lowest BCUT2D eigenvalue weighted by Crippen LogP contribution is -2.49. The number of hydrogen-bond donors (Lipinski definition) is 1. The van der Waals surface area contributed by atoms with E-state index in [-0.39, 0.29) is 12.0 Å². The Hall–Kier alpha value is -1.43. The summed E-state index contributed by atoms with van der Waals surface area (Å²) < 4.78 is 5.52. The maximum Gasteiger partial charge on any atom is 0.241 e. The smallest absolute Gasteiger partial charge is 0.241 e. The number of benzene rings is 1. The molecule has 0 radical (unpaired) electrons. The number of anilines is 1. The highest BCUT2D eigenvalue weighted by Gasteiger charge is 2.23. The second kappa shape index (κ2) is 7.38. The molecule has 0 aliphatic carbocycles. The molecule has 5 nitrogen and oxygen atoms in total. The molecule has 1 aliphatic heterocycles. The van der Waals surface area contributed by atoms with Crippen molar-refractivity contribution in [3.63, 3.8) is 0 Å². The molecule has 1 aliphatic rings. The van der Waals surface area contributed by atoms with Crippen molar-refractivity contribution in [2.75, 3.05) is 44.2 Å². The van der Waals surface area contributed by atoms with Gasteiger partial charge in [0, 0.05) is 31.9 Å². The summed E-state index contributed by atoms with van der Waals surface area (Å²) in [4.78, 5) is 16.4. The first-order chi connectivity index (χ1) is 9.74. The number of hydrogen-bond acceptors (Lipinski definition) is 4. The molecule has 0 spiro atoms. The number of para-hydroxylation sites is 1. The molecule has 1 heterocycles. The molecule has 1 aromatic carbocycles. The number of carbonyl (C=O) groups is 1. The van der Waals surface area contributed by atoms with Gasteiger partial charge in [-0.2, -0.15) is 0 Å². The normalized spacial score (nSPS) is 19.8. The van der Waals surface area contributed by atoms with E-state index in [1.54, 1.807) is 0 Å². The summed E-state index contributed by atoms with van der Waals surface area (Å²) in [5.74, 6) is 0.122. The summed E-state index contributed by atoms with van der Waals surface area (Å²) in [6.45, 7) is 5.75. The van der Waals surface area contributed by atoms with Gasteiger partial charge in [-0.25, -0.2) is 0 Å². The van der Waals surface area contributed by atoms with E-state index >= 15 is 0 Å². The van der Waals surface area contributed by atoms with Crippen molar-refractivity contribution in [2.24, 2.45) is 5.73 Å². The summed E-state index contributed by atoms with van der Waals surface area (Å²) in [6.07, 6.45) is 0.0448. The lowest BCUT2D eigenvalue weighted by atomic mass is 10.2. The molecule has 1 amide bonds. The van der Waals surface area contributed by atoms with Crippen LogP contribution in [0.1, 0.15) is 6.92 Å². The second-order valence-corrected chi connectivity index (χ2v) is 4.94. The molecule has 5 heteroatoms. The molecule has 2 rings (SSSR count). The molecular weight excluding hydrogens is 254 g/mol. The van der Waals surface area contributed by atoms with E-state index in [1.165, 1.54) is 0 Å². The van der Waals surface area contributed by atoms with Gasteiger partial charge in [0.15, 0.2) is 0 Å². The van der Waals surface area contributed by atoms with Crippen LogP contribution in [0, 0.1) is 0 Å². The van der Waals surface area contributed by atoms with Gasteiger partial charge in [-0.3, -0.25) is 9.69 Å². The highest BCUT2D eigenvalue weighted by atomic mass is 16.5. The van der Waals surface area contributed by atoms with Crippen molar-refractivity contribution in [1.82, 2.24) is 4.90 Å². The molecule has 1 unspecified atom stereocenters. The monoisotopic (exact) mass is 277 g/mol. The van der Waals surface area contributed by atoms with Crippen molar-refractivity contribution in [2.45, 2.75) is 13.0 Å². The van der Waals surface area contributed by atoms with E-state index in [4.69, 9.17) is 10.5 Å². The van der Waals surface area contributed by atoms with Crippen LogP contribution in [0.5, 0.6) is 0 Å². The number of nitrogens with two attached hydrogens (primary N) is 1. The Morgan fingerprint density at radius 3 is 2.85 bits per heavy atom. The highest BCUT2D eigenvalue weighted by Crippen LogP contribution is 2.14. The molecule has 20 heavy (non-hydrogen) atoms. The van der Waals surface area contributed by atoms with Crippen LogP contribution in [-0.2, 0) is 9.53 Å². The summed E-state index contributed by atoms with van der Waals surface area (Å²) in [5.41, 5.74) is 6.57. The molecule has 0 bridgehead atoms. The second-order valence-electron chi connectivity index (χ2n) is 4.94. The lowest BCUT2D eigenvalue weighted by Gasteiger charge is -2.33. The minimum atomic E-state index is 0.0448. The van der Waals surface area contributed by atoms with Gasteiger partial charge in [-0.15, -0.1) is 0 Å². The van der Waals surface area contributed by atoms with Crippen molar-refractivity contribution in [3.8, 4) is 0 Å². The van der Waals surface area contributed by atoms with Crippen molar-refractivity contribution in [3.05, 3.63) is 30.3 Å². The minimum absolute atomic E-state index is 0.0448. The van der Waals surface area contributed by atoms with Crippen LogP contribution in [0.3, 0.4) is 0 Å². The van der Waals surface area contributed by atoms with Gasteiger partial charge in [-0.1, -0.05) is 18.2 Å². The van der Waals surface area contributed by atoms with Crippen LogP contribution >= 0.6 is 0 Å². The van der Waals surface area contributed by atoms with Crippen LogP contribution < -0.4 is 10.6 Å². The Morgan fingerprint density at radius 1 is 1.45 bits per heavy atom. The molecule has 2 N–H and O–H groups in total. The van der Waals surface area contributed by atoms with E-state index in [0.717, 1.165) is 18.8 Å². The predicted molar refractivity (Wildman–Crippen MR) is 79.7 cm³/mol. The Morgan fingerprint density at radius 2 is 2.20 bits per heavy atom. The fourth-order valence-electron chi connectivity index (χ4n) is 2.45. The standard InChI is InChI=1S/C15H23N3O2/c1-2-18(13-6-4-3-5-7-13)15(19)12-17-8-9-20-14(10-16)11-17/h3-7,14H,2,8-12,16H2,1H3. The SMILES string of the molecule is CCN(C(=O)CN1CCOC(CN)C1)c1ccccc1. The maximum absolute atomic E-state index is 12.5. The number of morpholine rings is 1. The van der Waals surface area contributed by atoms with Gasteiger partial charge in [0.25, 0.3) is 0 Å². The first-order valence-electron chi connectivity index (χ1n) is 7.14. The minimum Gasteiger partial charge on any atom is -0.374 e. The Balaban J connectivity index is 1.96. The third-order valence-electron chi connectivity index (χ3n) is 3.53. The Labute approximate surface area is 120 Å². The van der Waals surface area contributed by atoms with Gasteiger partial charge in [0.1, 0.15) is 0 Å². The zero-order valence-corrected chi connectivity index (χ0v) is 12.0. The molecule has 1 fully saturated rings. The van der Waals surface area contributed by atoms with Crippen molar-refractivity contribution < 1.29 is 9.53 Å². The lowest BCUT2D eigenvalue weighted by molar-refractivity contribution is -0.121. The predicted octanol–water partition coefficient (Wildman–Crippen LogP) is 0.699. The third-order valence-corrected chi connectivity index (χ3v) is 3.53. The highest BCUT2D eigenvalue weighted by molar-refractivity contribution is 5.94. The fraction of sp³-hybridized carbons (Fsp3) is 0.533. The van der Waals surface area contributed by atoms with Crippen molar-refractivity contribution >= 4 is 11.6 Å². The van der Waals surface area contributed by atoms with Gasteiger partial charge >= 0.3 is 0 Å². The zero-order valence-electron chi connectivity index (χ0n) is 12.0. The number of rotatable bonds is 5. The average Bonchev–Trinajstić information content (AvgIpc) is 2.49. The number of likely N-dealkylation sites (N-methyl/N-ethyl adjacent to an activating group) is 1. The van der Waals surface area contributed by atoms with Crippen LogP contribution in [0.4, 0.5) is 5.69 Å². The molecule has 0 aromatic heterocycles. The number of carbonyl (C=O) groups excluding carboxylic acids is 1. The van der Waals surface area contributed by atoms with Crippen molar-refractivity contribution in [1.29, 1.82) is 0 Å². The fourth-order valence-corrected chi connectivity index (χ4v) is 2.45. The average molecular weight is 277 g/mol. The first kappa shape index (κ1) is 15.0. The van der Waals surface area contributed by atoms with Crippen LogP contribution in [0.2, 0.25) is 0 Å². The van der Waals surface area contributed by atoms with E-state index in [0.29, 0.717) is 26.2 Å². The van der Waals surface area contributed by atoms with Gasteiger partial charge in [-0.05, 0) is 19.1 Å². The number of ether oxygens (including phenoxy) is 1. The van der Waals surface area contributed by atoms with E-state index in [9.17, 15) is 4.79 Å². The van der Waals surface area contributed by atoms with Gasteiger partial charge in [0.2, 0.25) is 5.91 Å². The molecule has 1 atom stereocenters. The largest absolute Gasteiger partial charge is 0.374 e. The maximum atomic E-state index is 12.5. The quantitative estimate of drug-likeness (QED) is 0.860. The van der Waals surface area contributed by atoms with E-state index in [2.05, 4.69) is 4.90 Å². The summed E-state index contributed by atoms with van der Waals surface area (Å²) in [5, 5.41) is 0. The molecule has 1 aromatic rings.